The number of rotatable bonds is 2. The van der Waals surface area contributed by atoms with Crippen molar-refractivity contribution < 1.29 is 14.3 Å². The molecule has 4 nitrogen and oxygen atoms in total. The molecule has 0 aromatic heterocycles. The van der Waals surface area contributed by atoms with Gasteiger partial charge in [-0.15, -0.1) is 0 Å². The van der Waals surface area contributed by atoms with Gasteiger partial charge in [-0.3, -0.25) is 4.79 Å². The molecule has 1 N–H and O–H groups in total. The molecule has 0 saturated carbocycles. The van der Waals surface area contributed by atoms with Gasteiger partial charge in [-0.05, 0) is 18.2 Å². The van der Waals surface area contributed by atoms with Gasteiger partial charge in [0.05, 0.1) is 19.8 Å². The Morgan fingerprint density at radius 2 is 2.31 bits per heavy atom. The maximum absolute atomic E-state index is 11.7. The molecule has 2 rings (SSSR count). The van der Waals surface area contributed by atoms with Gasteiger partial charge >= 0.3 is 0 Å². The molecule has 1 aliphatic heterocycles. The van der Waals surface area contributed by atoms with Gasteiger partial charge in [-0.25, -0.2) is 0 Å². The number of amides is 1. The van der Waals surface area contributed by atoms with E-state index in [0.29, 0.717) is 19.8 Å². The molecule has 5 heteroatoms. The average molecular weight is 286 g/mol. The summed E-state index contributed by atoms with van der Waals surface area (Å²) in [6, 6.07) is 7.42. The zero-order valence-electron chi connectivity index (χ0n) is 8.61. The van der Waals surface area contributed by atoms with E-state index in [1.165, 1.54) is 0 Å². The number of nitrogens with one attached hydrogen (secondary N) is 1. The molecule has 0 radical (unpaired) electrons. The molecule has 1 atom stereocenters. The molecule has 0 aliphatic carbocycles. The number of anilines is 1. The first-order chi connectivity index (χ1) is 7.75. The zero-order chi connectivity index (χ0) is 11.4. The van der Waals surface area contributed by atoms with Gasteiger partial charge in [-0.2, -0.15) is 0 Å². The molecule has 1 amide bonds. The predicted octanol–water partition coefficient (Wildman–Crippen LogP) is 1.80. The van der Waals surface area contributed by atoms with E-state index in [-0.39, 0.29) is 5.91 Å². The number of benzene rings is 1. The standard InChI is InChI=1S/C11H12BrNO3/c12-8-2-1-3-9(6-8)13-11(14)10-7-15-4-5-16-10/h1-3,6,10H,4-5,7H2,(H,13,14)/t10-/m1/s1. The van der Waals surface area contributed by atoms with Gasteiger partial charge < -0.3 is 14.8 Å². The lowest BCUT2D eigenvalue weighted by Gasteiger charge is -2.22. The fourth-order valence-electron chi connectivity index (χ4n) is 1.43. The lowest BCUT2D eigenvalue weighted by molar-refractivity contribution is -0.142. The van der Waals surface area contributed by atoms with E-state index in [4.69, 9.17) is 9.47 Å². The molecule has 1 saturated heterocycles. The Kier molecular flexibility index (Phi) is 3.93. The van der Waals surface area contributed by atoms with Crippen molar-refractivity contribution in [2.24, 2.45) is 0 Å². The van der Waals surface area contributed by atoms with Crippen molar-refractivity contribution in [3.63, 3.8) is 0 Å². The lowest BCUT2D eigenvalue weighted by Crippen LogP contribution is -2.39. The Morgan fingerprint density at radius 1 is 1.44 bits per heavy atom. The normalized spacial score (nSPS) is 20.4. The predicted molar refractivity (Wildman–Crippen MR) is 63.3 cm³/mol. The summed E-state index contributed by atoms with van der Waals surface area (Å²) < 4.78 is 11.4. The van der Waals surface area contributed by atoms with Crippen LogP contribution in [0.4, 0.5) is 5.69 Å². The SMILES string of the molecule is O=C(Nc1cccc(Br)c1)[C@H]1COCCO1. The van der Waals surface area contributed by atoms with Gasteiger partial charge in [0.1, 0.15) is 0 Å². The summed E-state index contributed by atoms with van der Waals surface area (Å²) in [7, 11) is 0. The summed E-state index contributed by atoms with van der Waals surface area (Å²) in [4.78, 5) is 11.7. The van der Waals surface area contributed by atoms with Crippen LogP contribution in [0, 0.1) is 0 Å². The van der Waals surface area contributed by atoms with Crippen LogP contribution in [0.25, 0.3) is 0 Å². The van der Waals surface area contributed by atoms with E-state index in [1.807, 2.05) is 24.3 Å². The number of halogens is 1. The first-order valence-electron chi connectivity index (χ1n) is 5.01. The van der Waals surface area contributed by atoms with E-state index in [9.17, 15) is 4.79 Å². The lowest BCUT2D eigenvalue weighted by atomic mass is 10.3. The largest absolute Gasteiger partial charge is 0.376 e. The zero-order valence-corrected chi connectivity index (χ0v) is 10.2. The summed E-state index contributed by atoms with van der Waals surface area (Å²) in [6.45, 7) is 1.34. The quantitative estimate of drug-likeness (QED) is 0.902. The second-order valence-corrected chi connectivity index (χ2v) is 4.35. The summed E-state index contributed by atoms with van der Waals surface area (Å²) in [5.74, 6) is -0.169. The molecule has 16 heavy (non-hydrogen) atoms. The van der Waals surface area contributed by atoms with Crippen LogP contribution in [0.15, 0.2) is 28.7 Å². The van der Waals surface area contributed by atoms with Crippen LogP contribution in [0.2, 0.25) is 0 Å². The minimum Gasteiger partial charge on any atom is -0.376 e. The van der Waals surface area contributed by atoms with Crippen LogP contribution in [0.1, 0.15) is 0 Å². The van der Waals surface area contributed by atoms with Crippen LogP contribution >= 0.6 is 15.9 Å². The highest BCUT2D eigenvalue weighted by atomic mass is 79.9. The Labute approximate surface area is 102 Å². The highest BCUT2D eigenvalue weighted by molar-refractivity contribution is 9.10. The van der Waals surface area contributed by atoms with Gasteiger partial charge in [0.15, 0.2) is 6.10 Å². The highest BCUT2D eigenvalue weighted by Crippen LogP contribution is 2.16. The fourth-order valence-corrected chi connectivity index (χ4v) is 1.83. The summed E-state index contributed by atoms with van der Waals surface area (Å²) in [5.41, 5.74) is 0.744. The third kappa shape index (κ3) is 3.04. The van der Waals surface area contributed by atoms with E-state index < -0.39 is 6.10 Å². The van der Waals surface area contributed by atoms with Crippen molar-refractivity contribution in [2.75, 3.05) is 25.1 Å². The third-order valence-electron chi connectivity index (χ3n) is 2.20. The summed E-state index contributed by atoms with van der Waals surface area (Å²) in [6.07, 6.45) is -0.507. The highest BCUT2D eigenvalue weighted by Gasteiger charge is 2.22. The minimum absolute atomic E-state index is 0.169. The van der Waals surface area contributed by atoms with Crippen molar-refractivity contribution in [1.29, 1.82) is 0 Å². The number of hydrogen-bond acceptors (Lipinski definition) is 3. The summed E-state index contributed by atoms with van der Waals surface area (Å²) in [5, 5.41) is 2.78. The van der Waals surface area contributed by atoms with E-state index >= 15 is 0 Å². The number of carbonyl (C=O) groups is 1. The van der Waals surface area contributed by atoms with Crippen molar-refractivity contribution in [2.45, 2.75) is 6.10 Å². The van der Waals surface area contributed by atoms with Crippen molar-refractivity contribution in [3.05, 3.63) is 28.7 Å². The smallest absolute Gasteiger partial charge is 0.255 e. The topological polar surface area (TPSA) is 47.6 Å². The second-order valence-electron chi connectivity index (χ2n) is 3.43. The fraction of sp³-hybridized carbons (Fsp3) is 0.364. The average Bonchev–Trinajstić information content (AvgIpc) is 2.30. The van der Waals surface area contributed by atoms with Crippen LogP contribution in [0.5, 0.6) is 0 Å². The molecule has 0 spiro atoms. The van der Waals surface area contributed by atoms with Crippen LogP contribution in [0.3, 0.4) is 0 Å². The summed E-state index contributed by atoms with van der Waals surface area (Å²) >= 11 is 3.34. The first-order valence-corrected chi connectivity index (χ1v) is 5.81. The molecule has 1 aromatic carbocycles. The second kappa shape index (κ2) is 5.43. The number of hydrogen-bond donors (Lipinski definition) is 1. The van der Waals surface area contributed by atoms with E-state index in [1.54, 1.807) is 0 Å². The van der Waals surface area contributed by atoms with Crippen molar-refractivity contribution >= 4 is 27.5 Å². The Hall–Kier alpha value is -0.910. The number of carbonyl (C=O) groups excluding carboxylic acids is 1. The Bertz CT molecular complexity index is 377. The molecular weight excluding hydrogens is 274 g/mol. The molecular formula is C11H12BrNO3. The maximum atomic E-state index is 11.7. The van der Waals surface area contributed by atoms with E-state index in [2.05, 4.69) is 21.2 Å². The van der Waals surface area contributed by atoms with Gasteiger partial charge in [0.25, 0.3) is 5.91 Å². The molecule has 86 valence electrons. The van der Waals surface area contributed by atoms with Crippen molar-refractivity contribution in [3.8, 4) is 0 Å². The molecule has 1 aliphatic rings. The Balaban J connectivity index is 1.96. The van der Waals surface area contributed by atoms with Gasteiger partial charge in [0, 0.05) is 10.2 Å². The molecule has 0 bridgehead atoms. The third-order valence-corrected chi connectivity index (χ3v) is 2.69. The maximum Gasteiger partial charge on any atom is 0.255 e. The van der Waals surface area contributed by atoms with E-state index in [0.717, 1.165) is 10.2 Å². The molecule has 1 heterocycles. The molecule has 1 aromatic rings. The minimum atomic E-state index is -0.507. The van der Waals surface area contributed by atoms with Crippen LogP contribution in [-0.4, -0.2) is 31.8 Å². The molecule has 0 unspecified atom stereocenters. The Morgan fingerprint density at radius 3 is 3.00 bits per heavy atom. The van der Waals surface area contributed by atoms with Crippen LogP contribution in [-0.2, 0) is 14.3 Å². The first kappa shape index (κ1) is 11.6. The van der Waals surface area contributed by atoms with Gasteiger partial charge in [-0.1, -0.05) is 22.0 Å². The monoisotopic (exact) mass is 285 g/mol. The van der Waals surface area contributed by atoms with Gasteiger partial charge in [0.2, 0.25) is 0 Å². The number of ether oxygens (including phenoxy) is 2. The molecule has 1 fully saturated rings. The van der Waals surface area contributed by atoms with Crippen molar-refractivity contribution in [1.82, 2.24) is 0 Å². The van der Waals surface area contributed by atoms with Crippen LogP contribution < -0.4 is 5.32 Å².